The van der Waals surface area contributed by atoms with Crippen molar-refractivity contribution in [3.05, 3.63) is 58.9 Å². The summed E-state index contributed by atoms with van der Waals surface area (Å²) in [6, 6.07) is 9.56. The first-order valence-corrected chi connectivity index (χ1v) is 6.57. The van der Waals surface area contributed by atoms with Gasteiger partial charge in [0.15, 0.2) is 6.61 Å². The van der Waals surface area contributed by atoms with Crippen LogP contribution in [0.4, 0.5) is 4.39 Å². The van der Waals surface area contributed by atoms with Gasteiger partial charge < -0.3 is 9.47 Å². The zero-order chi connectivity index (χ0) is 15.4. The number of halogens is 1. The van der Waals surface area contributed by atoms with Crippen LogP contribution in [0.15, 0.2) is 36.4 Å². The lowest BCUT2D eigenvalue weighted by Gasteiger charge is -2.10. The molecule has 0 aliphatic carbocycles. The first kappa shape index (κ1) is 15.0. The fourth-order valence-electron chi connectivity index (χ4n) is 2.14. The summed E-state index contributed by atoms with van der Waals surface area (Å²) >= 11 is 0. The summed E-state index contributed by atoms with van der Waals surface area (Å²) < 4.78 is 23.8. The van der Waals surface area contributed by atoms with Crippen LogP contribution >= 0.6 is 0 Å². The summed E-state index contributed by atoms with van der Waals surface area (Å²) in [4.78, 5) is 12.1. The van der Waals surface area contributed by atoms with Gasteiger partial charge in [-0.2, -0.15) is 0 Å². The molecule has 4 heteroatoms. The number of methoxy groups -OCH3 is 1. The fourth-order valence-corrected chi connectivity index (χ4v) is 2.14. The molecule has 0 heterocycles. The maximum absolute atomic E-state index is 13.3. The van der Waals surface area contributed by atoms with E-state index in [0.717, 1.165) is 17.2 Å². The van der Waals surface area contributed by atoms with Crippen LogP contribution in [-0.2, 0) is 0 Å². The zero-order valence-electron chi connectivity index (χ0n) is 12.3. The Labute approximate surface area is 123 Å². The van der Waals surface area contributed by atoms with Gasteiger partial charge in [0, 0.05) is 0 Å². The molecule has 0 amide bonds. The molecule has 0 atom stereocenters. The Hall–Kier alpha value is -2.36. The van der Waals surface area contributed by atoms with Crippen molar-refractivity contribution in [1.82, 2.24) is 0 Å². The number of carbonyl (C=O) groups is 1. The third kappa shape index (κ3) is 3.81. The Bertz CT molecular complexity index is 645. The quantitative estimate of drug-likeness (QED) is 0.787. The van der Waals surface area contributed by atoms with E-state index in [4.69, 9.17) is 9.47 Å². The molecule has 0 bridgehead atoms. The molecule has 2 rings (SSSR count). The fraction of sp³-hybridized carbons (Fsp3) is 0.235. The lowest BCUT2D eigenvalue weighted by molar-refractivity contribution is 0.0918. The third-order valence-electron chi connectivity index (χ3n) is 3.03. The van der Waals surface area contributed by atoms with Crippen LogP contribution in [0.5, 0.6) is 11.5 Å². The van der Waals surface area contributed by atoms with Crippen molar-refractivity contribution in [1.29, 1.82) is 0 Å². The molecule has 110 valence electrons. The maximum Gasteiger partial charge on any atom is 0.204 e. The highest BCUT2D eigenvalue weighted by atomic mass is 19.1. The Morgan fingerprint density at radius 3 is 2.38 bits per heavy atom. The van der Waals surface area contributed by atoms with Crippen LogP contribution in [0.25, 0.3) is 0 Å². The molecule has 0 unspecified atom stereocenters. The molecule has 0 saturated heterocycles. The predicted octanol–water partition coefficient (Wildman–Crippen LogP) is 3.71. The van der Waals surface area contributed by atoms with Crippen LogP contribution in [0, 0.1) is 19.7 Å². The second kappa shape index (κ2) is 6.39. The van der Waals surface area contributed by atoms with E-state index in [1.165, 1.54) is 19.2 Å². The van der Waals surface area contributed by atoms with Crippen LogP contribution in [0.1, 0.15) is 21.5 Å². The molecule has 2 aromatic rings. The Balaban J connectivity index is 2.13. The predicted molar refractivity (Wildman–Crippen MR) is 78.7 cm³/mol. The van der Waals surface area contributed by atoms with E-state index in [2.05, 4.69) is 0 Å². The smallest absolute Gasteiger partial charge is 0.204 e. The molecule has 0 aliphatic rings. The molecule has 2 aromatic carbocycles. The van der Waals surface area contributed by atoms with Gasteiger partial charge in [0.1, 0.15) is 17.3 Å². The van der Waals surface area contributed by atoms with Crippen molar-refractivity contribution in [2.75, 3.05) is 13.7 Å². The molecular weight excluding hydrogens is 271 g/mol. The van der Waals surface area contributed by atoms with Crippen molar-refractivity contribution in [2.45, 2.75) is 13.8 Å². The lowest BCUT2D eigenvalue weighted by atomic mass is 10.1. The number of Topliss-reactive ketones (excluding diaryl/α,β-unsaturated/α-hetero) is 1. The summed E-state index contributed by atoms with van der Waals surface area (Å²) in [5, 5.41) is 0. The molecule has 0 radical (unpaired) electrons. The molecule has 0 saturated carbocycles. The van der Waals surface area contributed by atoms with Crippen molar-refractivity contribution in [3.8, 4) is 11.5 Å². The minimum Gasteiger partial charge on any atom is -0.496 e. The van der Waals surface area contributed by atoms with E-state index in [-0.39, 0.29) is 18.0 Å². The minimum atomic E-state index is -0.481. The number of carbonyl (C=O) groups excluding carboxylic acids is 1. The second-order valence-corrected chi connectivity index (χ2v) is 4.88. The van der Waals surface area contributed by atoms with E-state index in [0.29, 0.717) is 11.5 Å². The van der Waals surface area contributed by atoms with Crippen LogP contribution < -0.4 is 9.47 Å². The Kier molecular flexibility index (Phi) is 4.58. The highest BCUT2D eigenvalue weighted by Crippen LogP contribution is 2.21. The first-order chi connectivity index (χ1) is 9.99. The van der Waals surface area contributed by atoms with Crippen LogP contribution in [0.2, 0.25) is 0 Å². The summed E-state index contributed by atoms with van der Waals surface area (Å²) in [7, 11) is 1.44. The van der Waals surface area contributed by atoms with E-state index < -0.39 is 5.82 Å². The van der Waals surface area contributed by atoms with Gasteiger partial charge in [-0.1, -0.05) is 6.07 Å². The molecule has 0 aromatic heterocycles. The normalized spacial score (nSPS) is 10.3. The van der Waals surface area contributed by atoms with E-state index >= 15 is 0 Å². The van der Waals surface area contributed by atoms with Gasteiger partial charge >= 0.3 is 0 Å². The summed E-state index contributed by atoms with van der Waals surface area (Å²) in [6.45, 7) is 3.75. The Morgan fingerprint density at radius 2 is 1.76 bits per heavy atom. The SMILES string of the molecule is COc1ccc(F)cc1C(=O)COc1cc(C)cc(C)c1. The van der Waals surface area contributed by atoms with E-state index in [9.17, 15) is 9.18 Å². The van der Waals surface area contributed by atoms with Gasteiger partial charge in [0.2, 0.25) is 5.78 Å². The van der Waals surface area contributed by atoms with E-state index in [1.54, 1.807) is 0 Å². The molecular formula is C17H17FO3. The van der Waals surface area contributed by atoms with Gasteiger partial charge in [-0.25, -0.2) is 4.39 Å². The molecule has 3 nitrogen and oxygen atoms in total. The highest BCUT2D eigenvalue weighted by Gasteiger charge is 2.14. The number of hydrogen-bond donors (Lipinski definition) is 0. The van der Waals surface area contributed by atoms with Gasteiger partial charge in [0.25, 0.3) is 0 Å². The number of ketones is 1. The molecule has 0 spiro atoms. The average molecular weight is 288 g/mol. The largest absolute Gasteiger partial charge is 0.496 e. The Morgan fingerprint density at radius 1 is 1.10 bits per heavy atom. The second-order valence-electron chi connectivity index (χ2n) is 4.88. The van der Waals surface area contributed by atoms with Gasteiger partial charge in [-0.05, 0) is 55.3 Å². The van der Waals surface area contributed by atoms with Crippen molar-refractivity contribution in [3.63, 3.8) is 0 Å². The van der Waals surface area contributed by atoms with Crippen molar-refractivity contribution in [2.24, 2.45) is 0 Å². The molecule has 0 N–H and O–H groups in total. The number of benzene rings is 2. The monoisotopic (exact) mass is 288 g/mol. The number of rotatable bonds is 5. The molecule has 0 aliphatic heterocycles. The summed E-state index contributed by atoms with van der Waals surface area (Å²) in [5.41, 5.74) is 2.29. The van der Waals surface area contributed by atoms with Gasteiger partial charge in [0.05, 0.1) is 12.7 Å². The van der Waals surface area contributed by atoms with Crippen molar-refractivity contribution < 1.29 is 18.7 Å². The maximum atomic E-state index is 13.3. The molecule has 21 heavy (non-hydrogen) atoms. The van der Waals surface area contributed by atoms with Crippen LogP contribution in [0.3, 0.4) is 0 Å². The average Bonchev–Trinajstić information content (AvgIpc) is 2.43. The highest BCUT2D eigenvalue weighted by molar-refractivity contribution is 5.99. The zero-order valence-corrected chi connectivity index (χ0v) is 12.3. The first-order valence-electron chi connectivity index (χ1n) is 6.57. The summed E-state index contributed by atoms with van der Waals surface area (Å²) in [5.74, 6) is 0.151. The van der Waals surface area contributed by atoms with Gasteiger partial charge in [-0.15, -0.1) is 0 Å². The number of hydrogen-bond acceptors (Lipinski definition) is 3. The number of aryl methyl sites for hydroxylation is 2. The van der Waals surface area contributed by atoms with Crippen LogP contribution in [-0.4, -0.2) is 19.5 Å². The minimum absolute atomic E-state index is 0.164. The standard InChI is InChI=1S/C17H17FO3/c1-11-6-12(2)8-14(7-11)21-10-16(19)15-9-13(18)4-5-17(15)20-3/h4-9H,10H2,1-3H3. The number of ether oxygens (including phenoxy) is 2. The topological polar surface area (TPSA) is 35.5 Å². The molecule has 0 fully saturated rings. The van der Waals surface area contributed by atoms with Gasteiger partial charge in [-0.3, -0.25) is 4.79 Å². The van der Waals surface area contributed by atoms with Crippen molar-refractivity contribution >= 4 is 5.78 Å². The third-order valence-corrected chi connectivity index (χ3v) is 3.03. The lowest BCUT2D eigenvalue weighted by Crippen LogP contribution is -2.13. The van der Waals surface area contributed by atoms with E-state index in [1.807, 2.05) is 32.0 Å². The summed E-state index contributed by atoms with van der Waals surface area (Å²) in [6.07, 6.45) is 0.